The Labute approximate surface area is 124 Å². The molecule has 2 amide bonds. The van der Waals surface area contributed by atoms with Crippen LogP contribution in [-0.4, -0.2) is 42.0 Å². The van der Waals surface area contributed by atoms with Gasteiger partial charge in [-0.3, -0.25) is 0 Å². The molecule has 1 aromatic carbocycles. The lowest BCUT2D eigenvalue weighted by molar-refractivity contribution is -0.139. The van der Waals surface area contributed by atoms with E-state index in [0.29, 0.717) is 15.9 Å². The van der Waals surface area contributed by atoms with Crippen LogP contribution in [0.1, 0.15) is 6.42 Å². The van der Waals surface area contributed by atoms with E-state index in [1.165, 1.54) is 7.11 Å². The van der Waals surface area contributed by atoms with Gasteiger partial charge in [0.25, 0.3) is 0 Å². The predicted molar refractivity (Wildman–Crippen MR) is 76.0 cm³/mol. The first kappa shape index (κ1) is 16.3. The quantitative estimate of drug-likeness (QED) is 0.622. The van der Waals surface area contributed by atoms with Crippen molar-refractivity contribution >= 4 is 33.6 Å². The van der Waals surface area contributed by atoms with E-state index in [2.05, 4.69) is 26.6 Å². The number of carboxylic acids is 1. The zero-order valence-electron chi connectivity index (χ0n) is 10.7. The number of anilines is 1. The summed E-state index contributed by atoms with van der Waals surface area (Å²) in [5, 5.41) is 22.3. The number of methoxy groups -OCH3 is 1. The predicted octanol–water partition coefficient (Wildman–Crippen LogP) is 1.41. The van der Waals surface area contributed by atoms with Crippen LogP contribution in [0, 0.1) is 0 Å². The highest BCUT2D eigenvalue weighted by Crippen LogP contribution is 2.27. The van der Waals surface area contributed by atoms with Gasteiger partial charge in [-0.05, 0) is 34.1 Å². The first-order valence-corrected chi connectivity index (χ1v) is 6.52. The summed E-state index contributed by atoms with van der Waals surface area (Å²) < 4.78 is 5.71. The van der Waals surface area contributed by atoms with Gasteiger partial charge in [0.2, 0.25) is 0 Å². The van der Waals surface area contributed by atoms with Crippen LogP contribution in [0.2, 0.25) is 0 Å². The Morgan fingerprint density at radius 2 is 2.15 bits per heavy atom. The van der Waals surface area contributed by atoms with Gasteiger partial charge in [-0.25, -0.2) is 9.59 Å². The summed E-state index contributed by atoms with van der Waals surface area (Å²) in [5.41, 5.74) is 0.475. The van der Waals surface area contributed by atoms with Crippen molar-refractivity contribution in [1.29, 1.82) is 0 Å². The average molecular weight is 347 g/mol. The van der Waals surface area contributed by atoms with E-state index in [0.717, 1.165) is 0 Å². The van der Waals surface area contributed by atoms with Gasteiger partial charge in [-0.15, -0.1) is 0 Å². The average Bonchev–Trinajstić information content (AvgIpc) is 2.38. The van der Waals surface area contributed by atoms with E-state index < -0.39 is 18.0 Å². The Morgan fingerprint density at radius 3 is 2.65 bits per heavy atom. The normalized spacial score (nSPS) is 11.6. The van der Waals surface area contributed by atoms with Gasteiger partial charge in [0.05, 0.1) is 11.6 Å². The van der Waals surface area contributed by atoms with Crippen molar-refractivity contribution in [2.75, 3.05) is 19.0 Å². The number of carboxylic acid groups (broad SMARTS) is 1. The van der Waals surface area contributed by atoms with Gasteiger partial charge >= 0.3 is 12.0 Å². The molecule has 0 aromatic heterocycles. The molecule has 1 aromatic rings. The zero-order chi connectivity index (χ0) is 15.1. The second-order valence-corrected chi connectivity index (χ2v) is 4.71. The Morgan fingerprint density at radius 1 is 1.45 bits per heavy atom. The molecule has 0 saturated heterocycles. The van der Waals surface area contributed by atoms with Crippen molar-refractivity contribution in [2.24, 2.45) is 0 Å². The van der Waals surface area contributed by atoms with Crippen molar-refractivity contribution in [3.63, 3.8) is 0 Å². The third kappa shape index (κ3) is 4.71. The van der Waals surface area contributed by atoms with E-state index in [9.17, 15) is 9.59 Å². The molecule has 0 aliphatic rings. The first-order valence-electron chi connectivity index (χ1n) is 5.72. The van der Waals surface area contributed by atoms with Crippen LogP contribution < -0.4 is 15.4 Å². The molecule has 20 heavy (non-hydrogen) atoms. The minimum Gasteiger partial charge on any atom is -0.496 e. The molecule has 1 atom stereocenters. The lowest BCUT2D eigenvalue weighted by atomic mass is 10.2. The lowest BCUT2D eigenvalue weighted by Crippen LogP contribution is -2.43. The number of carbonyl (C=O) groups excluding carboxylic acids is 1. The lowest BCUT2D eigenvalue weighted by Gasteiger charge is -2.14. The number of carbonyl (C=O) groups is 2. The Balaban J connectivity index is 2.66. The zero-order valence-corrected chi connectivity index (χ0v) is 12.3. The summed E-state index contributed by atoms with van der Waals surface area (Å²) in [6.07, 6.45) is -0.0605. The van der Waals surface area contributed by atoms with E-state index in [1.54, 1.807) is 18.2 Å². The maximum Gasteiger partial charge on any atom is 0.326 e. The number of benzene rings is 1. The van der Waals surface area contributed by atoms with Crippen LogP contribution >= 0.6 is 15.9 Å². The summed E-state index contributed by atoms with van der Waals surface area (Å²) >= 11 is 3.27. The van der Waals surface area contributed by atoms with E-state index in [1.807, 2.05) is 0 Å². The van der Waals surface area contributed by atoms with Gasteiger partial charge in [0, 0.05) is 18.7 Å². The fourth-order valence-corrected chi connectivity index (χ4v) is 2.00. The Hall–Kier alpha value is -1.80. The molecule has 110 valence electrons. The topological polar surface area (TPSA) is 108 Å². The second-order valence-electron chi connectivity index (χ2n) is 3.85. The number of hydrogen-bond donors (Lipinski definition) is 4. The number of aliphatic carboxylic acids is 1. The van der Waals surface area contributed by atoms with Crippen LogP contribution in [0.15, 0.2) is 22.7 Å². The minimum atomic E-state index is -1.20. The summed E-state index contributed by atoms with van der Waals surface area (Å²) in [4.78, 5) is 22.5. The molecule has 7 nitrogen and oxygen atoms in total. The fourth-order valence-electron chi connectivity index (χ4n) is 1.46. The SMILES string of the molecule is COc1ccc(NC(=O)N[C@H](CCO)C(=O)O)cc1Br. The van der Waals surface area contributed by atoms with Gasteiger partial charge in [-0.2, -0.15) is 0 Å². The smallest absolute Gasteiger partial charge is 0.326 e. The van der Waals surface area contributed by atoms with Crippen molar-refractivity contribution in [1.82, 2.24) is 5.32 Å². The van der Waals surface area contributed by atoms with Crippen LogP contribution in [0.4, 0.5) is 10.5 Å². The van der Waals surface area contributed by atoms with E-state index in [-0.39, 0.29) is 13.0 Å². The number of rotatable bonds is 6. The molecule has 4 N–H and O–H groups in total. The fraction of sp³-hybridized carbons (Fsp3) is 0.333. The number of amides is 2. The molecule has 0 saturated carbocycles. The van der Waals surface area contributed by atoms with Crippen LogP contribution in [0.25, 0.3) is 0 Å². The number of aliphatic hydroxyl groups excluding tert-OH is 1. The van der Waals surface area contributed by atoms with Gasteiger partial charge in [-0.1, -0.05) is 0 Å². The standard InChI is InChI=1S/C12H15BrN2O5/c1-20-10-3-2-7(6-8(10)13)14-12(19)15-9(4-5-16)11(17)18/h2-3,6,9,16H,4-5H2,1H3,(H,17,18)(H2,14,15,19)/t9-/m1/s1. The first-order chi connectivity index (χ1) is 9.47. The maximum absolute atomic E-state index is 11.7. The van der Waals surface area contributed by atoms with Crippen molar-refractivity contribution in [3.05, 3.63) is 22.7 Å². The molecular formula is C12H15BrN2O5. The highest BCUT2D eigenvalue weighted by Gasteiger charge is 2.19. The molecule has 0 unspecified atom stereocenters. The highest BCUT2D eigenvalue weighted by molar-refractivity contribution is 9.10. The molecule has 0 aliphatic carbocycles. The summed E-state index contributed by atoms with van der Waals surface area (Å²) in [6.45, 7) is -0.328. The van der Waals surface area contributed by atoms with Crippen LogP contribution in [0.3, 0.4) is 0 Å². The molecule has 0 aliphatic heterocycles. The molecular weight excluding hydrogens is 332 g/mol. The van der Waals surface area contributed by atoms with E-state index >= 15 is 0 Å². The molecule has 0 fully saturated rings. The molecule has 8 heteroatoms. The highest BCUT2D eigenvalue weighted by atomic mass is 79.9. The summed E-state index contributed by atoms with van der Waals surface area (Å²) in [5.74, 6) is -0.593. The number of aliphatic hydroxyl groups is 1. The van der Waals surface area contributed by atoms with Gasteiger partial charge in [0.1, 0.15) is 11.8 Å². The van der Waals surface area contributed by atoms with Crippen LogP contribution in [-0.2, 0) is 4.79 Å². The summed E-state index contributed by atoms with van der Waals surface area (Å²) in [6, 6.07) is 3.09. The van der Waals surface area contributed by atoms with Crippen molar-refractivity contribution in [3.8, 4) is 5.75 Å². The Bertz CT molecular complexity index is 495. The third-order valence-corrected chi connectivity index (χ3v) is 3.05. The molecule has 1 rings (SSSR count). The molecule has 0 spiro atoms. The number of hydrogen-bond acceptors (Lipinski definition) is 4. The largest absolute Gasteiger partial charge is 0.496 e. The number of urea groups is 1. The number of ether oxygens (including phenoxy) is 1. The molecule has 0 heterocycles. The molecule has 0 bridgehead atoms. The van der Waals surface area contributed by atoms with Gasteiger partial charge < -0.3 is 25.6 Å². The summed E-state index contributed by atoms with van der Waals surface area (Å²) in [7, 11) is 1.52. The van der Waals surface area contributed by atoms with Crippen molar-refractivity contribution in [2.45, 2.75) is 12.5 Å². The number of halogens is 1. The van der Waals surface area contributed by atoms with Crippen LogP contribution in [0.5, 0.6) is 5.75 Å². The Kier molecular flexibility index (Phi) is 6.26. The maximum atomic E-state index is 11.7. The monoisotopic (exact) mass is 346 g/mol. The van der Waals surface area contributed by atoms with Crippen molar-refractivity contribution < 1.29 is 24.5 Å². The third-order valence-electron chi connectivity index (χ3n) is 2.43. The second kappa shape index (κ2) is 7.71. The van der Waals surface area contributed by atoms with E-state index in [4.69, 9.17) is 14.9 Å². The van der Waals surface area contributed by atoms with Gasteiger partial charge in [0.15, 0.2) is 0 Å². The minimum absolute atomic E-state index is 0.0605. The number of nitrogens with one attached hydrogen (secondary N) is 2. The molecule has 0 radical (unpaired) electrons.